The number of hydrogen-bond donors (Lipinski definition) is 1. The average Bonchev–Trinajstić information content (AvgIpc) is 3.01. The van der Waals surface area contributed by atoms with E-state index in [1.54, 1.807) is 25.3 Å². The van der Waals surface area contributed by atoms with Crippen molar-refractivity contribution in [3.8, 4) is 11.5 Å². The van der Waals surface area contributed by atoms with Gasteiger partial charge in [0.25, 0.3) is 0 Å². The van der Waals surface area contributed by atoms with Gasteiger partial charge in [-0.2, -0.15) is 5.10 Å². The third-order valence-corrected chi connectivity index (χ3v) is 3.93. The highest BCUT2D eigenvalue weighted by Crippen LogP contribution is 2.35. The van der Waals surface area contributed by atoms with E-state index in [4.69, 9.17) is 4.74 Å². The lowest BCUT2D eigenvalue weighted by molar-refractivity contribution is -0.130. The van der Waals surface area contributed by atoms with Gasteiger partial charge < -0.3 is 9.84 Å². The Morgan fingerprint density at radius 3 is 2.74 bits per heavy atom. The SMILES string of the molecule is COc1cccc([C@@H]2CC(c3ccccc3O)=NN2C(C)=O)c1. The Labute approximate surface area is 134 Å². The van der Waals surface area contributed by atoms with Crippen LogP contribution in [-0.4, -0.2) is 28.8 Å². The van der Waals surface area contributed by atoms with Crippen molar-refractivity contribution in [1.82, 2.24) is 5.01 Å². The predicted octanol–water partition coefficient (Wildman–Crippen LogP) is 3.10. The molecule has 1 aliphatic heterocycles. The fraction of sp³-hybridized carbons (Fsp3) is 0.222. The maximum Gasteiger partial charge on any atom is 0.240 e. The molecule has 0 saturated carbocycles. The van der Waals surface area contributed by atoms with Gasteiger partial charge in [-0.25, -0.2) is 5.01 Å². The number of para-hydroxylation sites is 1. The zero-order chi connectivity index (χ0) is 16.4. The number of phenolic OH excluding ortho intramolecular Hbond substituents is 1. The number of hydrazone groups is 1. The van der Waals surface area contributed by atoms with Crippen LogP contribution in [0.2, 0.25) is 0 Å². The Morgan fingerprint density at radius 1 is 1.26 bits per heavy atom. The van der Waals surface area contributed by atoms with E-state index >= 15 is 0 Å². The van der Waals surface area contributed by atoms with Gasteiger partial charge in [-0.3, -0.25) is 4.79 Å². The van der Waals surface area contributed by atoms with Crippen LogP contribution in [0.25, 0.3) is 0 Å². The number of aromatic hydroxyl groups is 1. The van der Waals surface area contributed by atoms with Crippen LogP contribution in [0.3, 0.4) is 0 Å². The van der Waals surface area contributed by atoms with Crippen LogP contribution in [0.15, 0.2) is 53.6 Å². The zero-order valence-corrected chi connectivity index (χ0v) is 13.1. The molecule has 0 saturated heterocycles. The zero-order valence-electron chi connectivity index (χ0n) is 13.1. The molecule has 0 radical (unpaired) electrons. The van der Waals surface area contributed by atoms with Gasteiger partial charge in [-0.15, -0.1) is 0 Å². The molecule has 5 heteroatoms. The molecule has 5 nitrogen and oxygen atoms in total. The Bertz CT molecular complexity index is 770. The van der Waals surface area contributed by atoms with E-state index in [2.05, 4.69) is 5.10 Å². The van der Waals surface area contributed by atoms with Gasteiger partial charge in [0, 0.05) is 18.9 Å². The van der Waals surface area contributed by atoms with Crippen molar-refractivity contribution in [2.75, 3.05) is 7.11 Å². The van der Waals surface area contributed by atoms with Crippen molar-refractivity contribution in [1.29, 1.82) is 0 Å². The van der Waals surface area contributed by atoms with Gasteiger partial charge >= 0.3 is 0 Å². The van der Waals surface area contributed by atoms with Crippen molar-refractivity contribution in [2.24, 2.45) is 5.10 Å². The number of carbonyl (C=O) groups is 1. The molecule has 0 fully saturated rings. The molecule has 1 atom stereocenters. The second-order valence-corrected chi connectivity index (χ2v) is 5.42. The maximum absolute atomic E-state index is 12.0. The molecule has 3 rings (SSSR count). The van der Waals surface area contributed by atoms with Crippen LogP contribution in [0, 0.1) is 0 Å². The monoisotopic (exact) mass is 310 g/mol. The van der Waals surface area contributed by atoms with E-state index < -0.39 is 0 Å². The maximum atomic E-state index is 12.0. The largest absolute Gasteiger partial charge is 0.507 e. The molecule has 0 aromatic heterocycles. The molecule has 23 heavy (non-hydrogen) atoms. The second-order valence-electron chi connectivity index (χ2n) is 5.42. The molecule has 0 unspecified atom stereocenters. The van der Waals surface area contributed by atoms with Crippen molar-refractivity contribution < 1.29 is 14.6 Å². The van der Waals surface area contributed by atoms with Gasteiger partial charge in [0.1, 0.15) is 11.5 Å². The summed E-state index contributed by atoms with van der Waals surface area (Å²) in [7, 11) is 1.61. The first-order valence-corrected chi connectivity index (χ1v) is 7.39. The molecule has 1 N–H and O–H groups in total. The number of phenols is 1. The summed E-state index contributed by atoms with van der Waals surface area (Å²) in [6.07, 6.45) is 0.546. The molecule has 0 spiro atoms. The molecular weight excluding hydrogens is 292 g/mol. The quantitative estimate of drug-likeness (QED) is 0.947. The van der Waals surface area contributed by atoms with Crippen LogP contribution in [0.4, 0.5) is 0 Å². The molecule has 1 heterocycles. The first-order chi connectivity index (χ1) is 11.1. The Balaban J connectivity index is 1.97. The fourth-order valence-electron chi connectivity index (χ4n) is 2.79. The second kappa shape index (κ2) is 6.12. The minimum Gasteiger partial charge on any atom is -0.507 e. The highest BCUT2D eigenvalue weighted by molar-refractivity contribution is 6.05. The van der Waals surface area contributed by atoms with E-state index in [9.17, 15) is 9.90 Å². The minimum absolute atomic E-state index is 0.136. The summed E-state index contributed by atoms with van der Waals surface area (Å²) in [6, 6.07) is 14.4. The number of rotatable bonds is 3. The van der Waals surface area contributed by atoms with E-state index in [0.29, 0.717) is 17.7 Å². The summed E-state index contributed by atoms with van der Waals surface area (Å²) in [5, 5.41) is 15.9. The van der Waals surface area contributed by atoms with Gasteiger partial charge in [0.2, 0.25) is 5.91 Å². The molecule has 118 valence electrons. The molecule has 1 aliphatic rings. The summed E-state index contributed by atoms with van der Waals surface area (Å²) < 4.78 is 5.26. The number of carbonyl (C=O) groups excluding carboxylic acids is 1. The van der Waals surface area contributed by atoms with E-state index in [1.807, 2.05) is 30.3 Å². The lowest BCUT2D eigenvalue weighted by atomic mass is 9.98. The molecule has 0 bridgehead atoms. The van der Waals surface area contributed by atoms with E-state index in [1.165, 1.54) is 11.9 Å². The molecule has 1 amide bonds. The molecular formula is C18H18N2O3. The normalized spacial score (nSPS) is 17.0. The van der Waals surface area contributed by atoms with Crippen molar-refractivity contribution >= 4 is 11.6 Å². The van der Waals surface area contributed by atoms with Crippen LogP contribution >= 0.6 is 0 Å². The number of hydrogen-bond acceptors (Lipinski definition) is 4. The average molecular weight is 310 g/mol. The lowest BCUT2D eigenvalue weighted by Gasteiger charge is -2.20. The third-order valence-electron chi connectivity index (χ3n) is 3.93. The summed E-state index contributed by atoms with van der Waals surface area (Å²) in [5.74, 6) is 0.770. The third kappa shape index (κ3) is 2.90. The first-order valence-electron chi connectivity index (χ1n) is 7.39. The van der Waals surface area contributed by atoms with Crippen molar-refractivity contribution in [3.63, 3.8) is 0 Å². The number of amides is 1. The minimum atomic E-state index is -0.197. The van der Waals surface area contributed by atoms with Crippen molar-refractivity contribution in [2.45, 2.75) is 19.4 Å². The highest BCUT2D eigenvalue weighted by Gasteiger charge is 2.32. The van der Waals surface area contributed by atoms with Crippen molar-refractivity contribution in [3.05, 3.63) is 59.7 Å². The van der Waals surface area contributed by atoms with Crippen LogP contribution < -0.4 is 4.74 Å². The standard InChI is InChI=1S/C18H18N2O3/c1-12(21)20-17(13-6-5-7-14(10-13)23-2)11-16(19-20)15-8-3-4-9-18(15)22/h3-10,17,22H,11H2,1-2H3/t17-/m0/s1. The van der Waals surface area contributed by atoms with Gasteiger partial charge in [0.15, 0.2) is 0 Å². The van der Waals surface area contributed by atoms with Gasteiger partial charge in [0.05, 0.1) is 18.9 Å². The summed E-state index contributed by atoms with van der Waals surface area (Å²) in [6.45, 7) is 1.49. The number of benzene rings is 2. The highest BCUT2D eigenvalue weighted by atomic mass is 16.5. The number of ether oxygens (including phenoxy) is 1. The number of nitrogens with zero attached hydrogens (tertiary/aromatic N) is 2. The van der Waals surface area contributed by atoms with Crippen LogP contribution in [0.5, 0.6) is 11.5 Å². The first kappa shape index (κ1) is 15.1. The van der Waals surface area contributed by atoms with Gasteiger partial charge in [-0.05, 0) is 29.8 Å². The summed E-state index contributed by atoms with van der Waals surface area (Å²) >= 11 is 0. The lowest BCUT2D eigenvalue weighted by Crippen LogP contribution is -2.24. The van der Waals surface area contributed by atoms with E-state index in [0.717, 1.165) is 11.3 Å². The molecule has 0 aliphatic carbocycles. The Hall–Kier alpha value is -2.82. The Morgan fingerprint density at radius 2 is 2.04 bits per heavy atom. The fourth-order valence-corrected chi connectivity index (χ4v) is 2.79. The Kier molecular flexibility index (Phi) is 4.02. The van der Waals surface area contributed by atoms with E-state index in [-0.39, 0.29) is 17.7 Å². The molecule has 2 aromatic carbocycles. The number of methoxy groups -OCH3 is 1. The van der Waals surface area contributed by atoms with Crippen LogP contribution in [0.1, 0.15) is 30.5 Å². The molecule has 2 aromatic rings. The smallest absolute Gasteiger partial charge is 0.240 e. The topological polar surface area (TPSA) is 62.1 Å². The van der Waals surface area contributed by atoms with Gasteiger partial charge in [-0.1, -0.05) is 24.3 Å². The predicted molar refractivity (Wildman–Crippen MR) is 87.5 cm³/mol. The van der Waals surface area contributed by atoms with Crippen LogP contribution in [-0.2, 0) is 4.79 Å². The summed E-state index contributed by atoms with van der Waals surface area (Å²) in [5.41, 5.74) is 2.31. The summed E-state index contributed by atoms with van der Waals surface area (Å²) in [4.78, 5) is 12.0.